The van der Waals surface area contributed by atoms with Gasteiger partial charge in [0.15, 0.2) is 5.69 Å². The van der Waals surface area contributed by atoms with Crippen molar-refractivity contribution >= 4 is 43.9 Å². The van der Waals surface area contributed by atoms with Crippen molar-refractivity contribution in [3.05, 3.63) is 33.7 Å². The minimum Gasteiger partial charge on any atom is -0.495 e. The van der Waals surface area contributed by atoms with Gasteiger partial charge < -0.3 is 10.5 Å². The number of nitrogens with zero attached hydrogens (tertiary/aromatic N) is 2. The van der Waals surface area contributed by atoms with Crippen LogP contribution in [0.5, 0.6) is 5.75 Å². The molecule has 2 N–H and O–H groups in total. The Hall–Kier alpha value is -1.87. The lowest BCUT2D eigenvalue weighted by Gasteiger charge is -2.09. The minimum absolute atomic E-state index is 0.153. The van der Waals surface area contributed by atoms with Gasteiger partial charge in [0.2, 0.25) is 0 Å². The van der Waals surface area contributed by atoms with Gasteiger partial charge in [-0.15, -0.1) is 11.3 Å². The largest absolute Gasteiger partial charge is 0.495 e. The molecule has 0 amide bonds. The van der Waals surface area contributed by atoms with E-state index < -0.39 is 11.9 Å². The molecule has 0 atom stereocenters. The summed E-state index contributed by atoms with van der Waals surface area (Å²) in [5.41, 5.74) is 6.24. The van der Waals surface area contributed by atoms with Gasteiger partial charge >= 0.3 is 6.18 Å². The highest BCUT2D eigenvalue weighted by Gasteiger charge is 2.34. The minimum atomic E-state index is -4.49. The second-order valence-electron chi connectivity index (χ2n) is 4.61. The molecule has 23 heavy (non-hydrogen) atoms. The Morgan fingerprint density at radius 1 is 1.26 bits per heavy atom. The molecule has 1 aromatic carbocycles. The Morgan fingerprint density at radius 2 is 2.00 bits per heavy atom. The molecule has 120 valence electrons. The maximum Gasteiger partial charge on any atom is 0.434 e. The molecule has 0 fully saturated rings. The summed E-state index contributed by atoms with van der Waals surface area (Å²) in [5, 5.41) is 1.78. The van der Waals surface area contributed by atoms with Crippen molar-refractivity contribution in [3.8, 4) is 16.5 Å². The van der Waals surface area contributed by atoms with Crippen molar-refractivity contribution in [1.29, 1.82) is 0 Å². The van der Waals surface area contributed by atoms with Crippen LogP contribution in [0.2, 0.25) is 0 Å². The molecule has 0 aliphatic carbocycles. The van der Waals surface area contributed by atoms with Crippen LogP contribution in [-0.4, -0.2) is 17.1 Å². The van der Waals surface area contributed by atoms with Crippen molar-refractivity contribution < 1.29 is 17.9 Å². The molecule has 0 unspecified atom stereocenters. The van der Waals surface area contributed by atoms with Crippen LogP contribution in [0.15, 0.2) is 28.1 Å². The fourth-order valence-electron chi connectivity index (χ4n) is 2.05. The SMILES string of the molecule is COc1ccc2c(N)cc(-c3nc(C(F)(F)F)cs3)nc2c1Br. The highest BCUT2D eigenvalue weighted by molar-refractivity contribution is 9.10. The van der Waals surface area contributed by atoms with E-state index in [1.54, 1.807) is 12.1 Å². The number of thiazole rings is 1. The van der Waals surface area contributed by atoms with Crippen molar-refractivity contribution in [1.82, 2.24) is 9.97 Å². The molecule has 0 aliphatic rings. The number of nitrogen functional groups attached to an aromatic ring is 1. The molecule has 0 spiro atoms. The number of fused-ring (bicyclic) bond motifs is 1. The summed E-state index contributed by atoms with van der Waals surface area (Å²) in [5.74, 6) is 0.552. The predicted molar refractivity (Wildman–Crippen MR) is 86.5 cm³/mol. The Balaban J connectivity index is 2.19. The van der Waals surface area contributed by atoms with Crippen molar-refractivity contribution in [2.24, 2.45) is 0 Å². The maximum absolute atomic E-state index is 12.7. The third-order valence-corrected chi connectivity index (χ3v) is 4.78. The van der Waals surface area contributed by atoms with Gasteiger partial charge in [-0.2, -0.15) is 13.2 Å². The number of pyridine rings is 1. The first-order valence-corrected chi connectivity index (χ1v) is 7.94. The van der Waals surface area contributed by atoms with E-state index in [2.05, 4.69) is 25.9 Å². The molecule has 4 nitrogen and oxygen atoms in total. The molecule has 0 aliphatic heterocycles. The van der Waals surface area contributed by atoms with Crippen LogP contribution in [-0.2, 0) is 6.18 Å². The van der Waals surface area contributed by atoms with Crippen molar-refractivity contribution in [2.45, 2.75) is 6.18 Å². The van der Waals surface area contributed by atoms with E-state index in [4.69, 9.17) is 10.5 Å². The van der Waals surface area contributed by atoms with Crippen LogP contribution >= 0.6 is 27.3 Å². The Morgan fingerprint density at radius 3 is 2.61 bits per heavy atom. The number of halogens is 4. The van der Waals surface area contributed by atoms with E-state index in [-0.39, 0.29) is 10.7 Å². The molecule has 0 saturated heterocycles. The molecule has 9 heteroatoms. The number of hydrogen-bond acceptors (Lipinski definition) is 5. The third kappa shape index (κ3) is 2.86. The first-order chi connectivity index (χ1) is 10.8. The Bertz CT molecular complexity index is 895. The van der Waals surface area contributed by atoms with Gasteiger partial charge in [0.1, 0.15) is 16.5 Å². The van der Waals surface area contributed by atoms with Gasteiger partial charge in [-0.25, -0.2) is 9.97 Å². The number of alkyl halides is 3. The second kappa shape index (κ2) is 5.64. The van der Waals surface area contributed by atoms with Crippen molar-refractivity contribution in [2.75, 3.05) is 12.8 Å². The standard InChI is InChI=1S/C14H9BrF3N3OS/c1-22-9-3-2-6-7(19)4-8(20-12(6)11(9)15)13-21-10(5-23-13)14(16,17)18/h2-5H,1H3,(H2,19,20). The molecule has 2 aromatic heterocycles. The van der Waals surface area contributed by atoms with Crippen molar-refractivity contribution in [3.63, 3.8) is 0 Å². The van der Waals surface area contributed by atoms with Gasteiger partial charge in [-0.1, -0.05) is 0 Å². The number of methoxy groups -OCH3 is 1. The van der Waals surface area contributed by atoms with Crippen LogP contribution in [0.1, 0.15) is 5.69 Å². The van der Waals surface area contributed by atoms with Gasteiger partial charge in [0, 0.05) is 16.5 Å². The smallest absolute Gasteiger partial charge is 0.434 e. The highest BCUT2D eigenvalue weighted by atomic mass is 79.9. The summed E-state index contributed by atoms with van der Waals surface area (Å²) < 4.78 is 43.8. The quantitative estimate of drug-likeness (QED) is 0.671. The summed E-state index contributed by atoms with van der Waals surface area (Å²) in [6.45, 7) is 0. The van der Waals surface area contributed by atoms with E-state index in [1.165, 1.54) is 13.2 Å². The summed E-state index contributed by atoms with van der Waals surface area (Å²) >= 11 is 4.25. The number of aromatic nitrogens is 2. The molecule has 3 rings (SSSR count). The summed E-state index contributed by atoms with van der Waals surface area (Å²) in [6, 6.07) is 4.99. The first-order valence-electron chi connectivity index (χ1n) is 6.27. The van der Waals surface area contributed by atoms with E-state index in [1.807, 2.05) is 0 Å². The fourth-order valence-corrected chi connectivity index (χ4v) is 3.44. The summed E-state index contributed by atoms with van der Waals surface area (Å²) in [6.07, 6.45) is -4.49. The predicted octanol–water partition coefficient (Wildman–Crippen LogP) is 4.73. The zero-order valence-corrected chi connectivity index (χ0v) is 14.0. The number of benzene rings is 1. The Kier molecular flexibility index (Phi) is 3.93. The van der Waals surface area contributed by atoms with E-state index in [9.17, 15) is 13.2 Å². The number of nitrogens with two attached hydrogens (primary N) is 1. The van der Waals surface area contributed by atoms with E-state index in [0.29, 0.717) is 26.8 Å². The number of anilines is 1. The molecule has 0 saturated carbocycles. The van der Waals surface area contributed by atoms with Crippen LogP contribution in [0, 0.1) is 0 Å². The Labute approximate surface area is 141 Å². The van der Waals surface area contributed by atoms with Crippen LogP contribution in [0.4, 0.5) is 18.9 Å². The number of hydrogen-bond donors (Lipinski definition) is 1. The maximum atomic E-state index is 12.7. The lowest BCUT2D eigenvalue weighted by molar-refractivity contribution is -0.140. The number of rotatable bonds is 2. The average Bonchev–Trinajstić information content (AvgIpc) is 2.98. The molecule has 0 radical (unpaired) electrons. The van der Waals surface area contributed by atoms with E-state index in [0.717, 1.165) is 16.7 Å². The van der Waals surface area contributed by atoms with Gasteiger partial charge in [0.25, 0.3) is 0 Å². The molecular formula is C14H9BrF3N3OS. The van der Waals surface area contributed by atoms with Crippen LogP contribution < -0.4 is 10.5 Å². The lowest BCUT2D eigenvalue weighted by Crippen LogP contribution is -2.05. The second-order valence-corrected chi connectivity index (χ2v) is 6.26. The zero-order valence-electron chi connectivity index (χ0n) is 11.6. The van der Waals surface area contributed by atoms with E-state index >= 15 is 0 Å². The summed E-state index contributed by atoms with van der Waals surface area (Å²) in [4.78, 5) is 7.98. The van der Waals surface area contributed by atoms with Crippen LogP contribution in [0.3, 0.4) is 0 Å². The monoisotopic (exact) mass is 403 g/mol. The average molecular weight is 404 g/mol. The molecule has 3 aromatic rings. The zero-order chi connectivity index (χ0) is 16.8. The molecule has 2 heterocycles. The number of ether oxygens (including phenoxy) is 1. The third-order valence-electron chi connectivity index (χ3n) is 3.15. The van der Waals surface area contributed by atoms with Gasteiger partial charge in [0.05, 0.1) is 17.1 Å². The van der Waals surface area contributed by atoms with Gasteiger partial charge in [-0.3, -0.25) is 0 Å². The van der Waals surface area contributed by atoms with Gasteiger partial charge in [-0.05, 0) is 34.1 Å². The topological polar surface area (TPSA) is 61.0 Å². The highest BCUT2D eigenvalue weighted by Crippen LogP contribution is 2.38. The molecule has 0 bridgehead atoms. The molecular weight excluding hydrogens is 395 g/mol. The first kappa shape index (κ1) is 16.0. The lowest BCUT2D eigenvalue weighted by atomic mass is 10.1. The fraction of sp³-hybridized carbons (Fsp3) is 0.143. The normalized spacial score (nSPS) is 11.9. The van der Waals surface area contributed by atoms with Crippen LogP contribution in [0.25, 0.3) is 21.6 Å². The summed E-state index contributed by atoms with van der Waals surface area (Å²) in [7, 11) is 1.51.